The Balaban J connectivity index is 1.75. The predicted octanol–water partition coefficient (Wildman–Crippen LogP) is 2.34. The zero-order valence-electron chi connectivity index (χ0n) is 13.1. The summed E-state index contributed by atoms with van der Waals surface area (Å²) in [5.41, 5.74) is 0.473. The molecule has 1 saturated heterocycles. The van der Waals surface area contributed by atoms with Gasteiger partial charge in [-0.1, -0.05) is 0 Å². The minimum atomic E-state index is -3.75. The third kappa shape index (κ3) is 3.48. The van der Waals surface area contributed by atoms with Crippen LogP contribution in [0.5, 0.6) is 0 Å². The third-order valence-corrected chi connectivity index (χ3v) is 5.03. The molecule has 7 nitrogen and oxygen atoms in total. The maximum atomic E-state index is 12.3. The van der Waals surface area contributed by atoms with Crippen molar-refractivity contribution in [2.75, 3.05) is 18.9 Å². The molecular formula is C16H17N3O4S. The van der Waals surface area contributed by atoms with Gasteiger partial charge in [-0.3, -0.25) is 4.79 Å². The van der Waals surface area contributed by atoms with E-state index < -0.39 is 15.9 Å². The number of carbonyl (C=O) groups is 1. The van der Waals surface area contributed by atoms with Gasteiger partial charge in [0.25, 0.3) is 15.9 Å². The van der Waals surface area contributed by atoms with E-state index in [9.17, 15) is 13.2 Å². The molecule has 2 aromatic rings. The standard InChI is InChI=1S/C16H17N3O4S/c1-19-10-2-5-15(19)18-24(21,22)13-8-6-12(7-9-13)17-16(20)14-4-3-11-23-14/h3-4,6-9,11H,2,5,10H2,1H3,(H,17,20). The first kappa shape index (κ1) is 16.3. The van der Waals surface area contributed by atoms with Crippen molar-refractivity contribution >= 4 is 27.5 Å². The number of carbonyl (C=O) groups excluding carboxylic acids is 1. The number of amides is 1. The summed E-state index contributed by atoms with van der Waals surface area (Å²) in [4.78, 5) is 13.8. The third-order valence-electron chi connectivity index (χ3n) is 3.72. The summed E-state index contributed by atoms with van der Waals surface area (Å²) < 4.78 is 33.6. The molecule has 1 aromatic carbocycles. The zero-order chi connectivity index (χ0) is 17.2. The molecule has 24 heavy (non-hydrogen) atoms. The van der Waals surface area contributed by atoms with Crippen LogP contribution in [0.25, 0.3) is 0 Å². The van der Waals surface area contributed by atoms with Crippen LogP contribution in [-0.4, -0.2) is 38.7 Å². The zero-order valence-corrected chi connectivity index (χ0v) is 13.9. The maximum Gasteiger partial charge on any atom is 0.291 e. The van der Waals surface area contributed by atoms with Crippen LogP contribution in [0.1, 0.15) is 23.4 Å². The first-order valence-electron chi connectivity index (χ1n) is 7.45. The van der Waals surface area contributed by atoms with Gasteiger partial charge in [0.15, 0.2) is 5.76 Å². The van der Waals surface area contributed by atoms with Gasteiger partial charge in [0, 0.05) is 25.7 Å². The number of rotatable bonds is 4. The quantitative estimate of drug-likeness (QED) is 0.916. The van der Waals surface area contributed by atoms with Gasteiger partial charge in [-0.2, -0.15) is 8.42 Å². The fourth-order valence-corrected chi connectivity index (χ4v) is 3.51. The van der Waals surface area contributed by atoms with Crippen LogP contribution in [0, 0.1) is 0 Å². The molecule has 1 fully saturated rings. The highest BCUT2D eigenvalue weighted by Crippen LogP contribution is 2.19. The van der Waals surface area contributed by atoms with Crippen LogP contribution < -0.4 is 5.32 Å². The largest absolute Gasteiger partial charge is 0.459 e. The van der Waals surface area contributed by atoms with E-state index in [4.69, 9.17) is 4.42 Å². The number of amidine groups is 1. The fourth-order valence-electron chi connectivity index (χ4n) is 2.41. The van der Waals surface area contributed by atoms with Gasteiger partial charge in [-0.25, -0.2) is 0 Å². The van der Waals surface area contributed by atoms with Crippen molar-refractivity contribution in [2.45, 2.75) is 17.7 Å². The lowest BCUT2D eigenvalue weighted by Crippen LogP contribution is -2.20. The summed E-state index contributed by atoms with van der Waals surface area (Å²) in [5, 5.41) is 2.63. The van der Waals surface area contributed by atoms with E-state index in [0.29, 0.717) is 17.9 Å². The van der Waals surface area contributed by atoms with Gasteiger partial charge in [0.2, 0.25) is 0 Å². The summed E-state index contributed by atoms with van der Waals surface area (Å²) in [7, 11) is -1.92. The van der Waals surface area contributed by atoms with E-state index in [0.717, 1.165) is 13.0 Å². The first-order chi connectivity index (χ1) is 11.5. The Morgan fingerprint density at radius 2 is 2.00 bits per heavy atom. The average molecular weight is 347 g/mol. The Morgan fingerprint density at radius 1 is 1.25 bits per heavy atom. The van der Waals surface area contributed by atoms with Gasteiger partial charge < -0.3 is 14.6 Å². The number of likely N-dealkylation sites (tertiary alicyclic amines) is 1. The van der Waals surface area contributed by atoms with Crippen molar-refractivity contribution in [1.82, 2.24) is 4.90 Å². The molecule has 1 amide bonds. The molecule has 0 saturated carbocycles. The lowest BCUT2D eigenvalue weighted by molar-refractivity contribution is 0.0996. The van der Waals surface area contributed by atoms with Gasteiger partial charge in [-0.05, 0) is 42.8 Å². The van der Waals surface area contributed by atoms with Crippen molar-refractivity contribution in [1.29, 1.82) is 0 Å². The number of nitrogens with zero attached hydrogens (tertiary/aromatic N) is 2. The first-order valence-corrected chi connectivity index (χ1v) is 8.89. The molecular weight excluding hydrogens is 330 g/mol. The van der Waals surface area contributed by atoms with Gasteiger partial charge in [0.05, 0.1) is 11.2 Å². The molecule has 8 heteroatoms. The highest BCUT2D eigenvalue weighted by atomic mass is 32.2. The minimum absolute atomic E-state index is 0.0892. The molecule has 0 spiro atoms. The molecule has 0 aliphatic carbocycles. The molecule has 2 heterocycles. The van der Waals surface area contributed by atoms with Crippen molar-refractivity contribution in [3.63, 3.8) is 0 Å². The average Bonchev–Trinajstić information content (AvgIpc) is 3.20. The van der Waals surface area contributed by atoms with E-state index in [2.05, 4.69) is 9.71 Å². The molecule has 0 radical (unpaired) electrons. The van der Waals surface area contributed by atoms with Crippen LogP contribution >= 0.6 is 0 Å². The van der Waals surface area contributed by atoms with Crippen molar-refractivity contribution < 1.29 is 17.6 Å². The van der Waals surface area contributed by atoms with Crippen molar-refractivity contribution in [3.05, 3.63) is 48.4 Å². The SMILES string of the molecule is CN1CCCC1=NS(=O)(=O)c1ccc(NC(=O)c2ccco2)cc1. The van der Waals surface area contributed by atoms with E-state index in [1.54, 1.807) is 12.1 Å². The Morgan fingerprint density at radius 3 is 2.58 bits per heavy atom. The number of sulfonamides is 1. The van der Waals surface area contributed by atoms with Gasteiger partial charge >= 0.3 is 0 Å². The van der Waals surface area contributed by atoms with Crippen LogP contribution in [0.15, 0.2) is 56.4 Å². The van der Waals surface area contributed by atoms with Crippen LogP contribution in [0.4, 0.5) is 5.69 Å². The van der Waals surface area contributed by atoms with Crippen LogP contribution in [-0.2, 0) is 10.0 Å². The van der Waals surface area contributed by atoms with E-state index >= 15 is 0 Å². The number of hydrogen-bond donors (Lipinski definition) is 1. The van der Waals surface area contributed by atoms with Gasteiger partial charge in [0.1, 0.15) is 5.84 Å². The Hall–Kier alpha value is -2.61. The molecule has 1 aliphatic heterocycles. The molecule has 1 aromatic heterocycles. The predicted molar refractivity (Wildman–Crippen MR) is 89.6 cm³/mol. The van der Waals surface area contributed by atoms with Crippen LogP contribution in [0.2, 0.25) is 0 Å². The Bertz CT molecular complexity index is 855. The number of furan rings is 1. The fraction of sp³-hybridized carbons (Fsp3) is 0.250. The normalized spacial score (nSPS) is 16.5. The summed E-state index contributed by atoms with van der Waals surface area (Å²) >= 11 is 0. The molecule has 0 unspecified atom stereocenters. The van der Waals surface area contributed by atoms with E-state index in [1.165, 1.54) is 30.5 Å². The van der Waals surface area contributed by atoms with Crippen molar-refractivity contribution in [2.24, 2.45) is 4.40 Å². The molecule has 126 valence electrons. The lowest BCUT2D eigenvalue weighted by Gasteiger charge is -2.11. The topological polar surface area (TPSA) is 92.0 Å². The number of anilines is 1. The number of hydrogen-bond acceptors (Lipinski definition) is 4. The highest BCUT2D eigenvalue weighted by molar-refractivity contribution is 7.90. The summed E-state index contributed by atoms with van der Waals surface area (Å²) in [6, 6.07) is 9.04. The smallest absolute Gasteiger partial charge is 0.291 e. The summed E-state index contributed by atoms with van der Waals surface area (Å²) in [6.45, 7) is 0.812. The second-order valence-electron chi connectivity index (χ2n) is 5.46. The van der Waals surface area contributed by atoms with E-state index in [-0.39, 0.29) is 10.7 Å². The number of benzene rings is 1. The Labute approximate surface area is 140 Å². The molecule has 3 rings (SSSR count). The highest BCUT2D eigenvalue weighted by Gasteiger charge is 2.20. The second kappa shape index (κ2) is 6.48. The van der Waals surface area contributed by atoms with Crippen molar-refractivity contribution in [3.8, 4) is 0 Å². The van der Waals surface area contributed by atoms with E-state index in [1.807, 2.05) is 11.9 Å². The molecule has 1 aliphatic rings. The molecule has 0 bridgehead atoms. The summed E-state index contributed by atoms with van der Waals surface area (Å²) in [5.74, 6) is 0.357. The monoisotopic (exact) mass is 347 g/mol. The van der Waals surface area contributed by atoms with Crippen LogP contribution in [0.3, 0.4) is 0 Å². The Kier molecular flexibility index (Phi) is 4.39. The number of nitrogens with one attached hydrogen (secondary N) is 1. The minimum Gasteiger partial charge on any atom is -0.459 e. The summed E-state index contributed by atoms with van der Waals surface area (Å²) in [6.07, 6.45) is 2.97. The molecule has 1 N–H and O–H groups in total. The lowest BCUT2D eigenvalue weighted by atomic mass is 10.3. The second-order valence-corrected chi connectivity index (χ2v) is 7.07. The molecule has 0 atom stereocenters. The maximum absolute atomic E-state index is 12.3. The van der Waals surface area contributed by atoms with Gasteiger partial charge in [-0.15, -0.1) is 4.40 Å².